The van der Waals surface area contributed by atoms with Crippen molar-refractivity contribution in [3.8, 4) is 0 Å². The minimum atomic E-state index is -0.561. The summed E-state index contributed by atoms with van der Waals surface area (Å²) in [5.41, 5.74) is 6.11. The minimum Gasteiger partial charge on any atom is -0.455 e. The number of carbonyl (C=O) groups excluding carboxylic acids is 2. The number of likely N-dealkylation sites (N-methyl/N-ethyl adjacent to an activating group) is 1. The lowest BCUT2D eigenvalue weighted by atomic mass is 9.90. The van der Waals surface area contributed by atoms with E-state index in [1.165, 1.54) is 0 Å². The molecule has 1 aromatic heterocycles. The number of hydrogen-bond acceptors (Lipinski definition) is 4. The molecule has 1 aromatic rings. The van der Waals surface area contributed by atoms with Gasteiger partial charge in [-0.25, -0.2) is 0 Å². The average Bonchev–Trinajstić information content (AvgIpc) is 2.95. The lowest BCUT2D eigenvalue weighted by molar-refractivity contribution is -0.140. The maximum atomic E-state index is 12.6. The zero-order chi connectivity index (χ0) is 18.8. The highest BCUT2D eigenvalue weighted by Crippen LogP contribution is 2.31. The number of unbranched alkanes of at least 4 members (excludes halogenated alkanes) is 1. The molecule has 25 heavy (non-hydrogen) atoms. The Balaban J connectivity index is 2.29. The zero-order valence-electron chi connectivity index (χ0n) is 16.1. The maximum Gasteiger partial charge on any atom is 0.284 e. The molecule has 0 aromatic carbocycles. The summed E-state index contributed by atoms with van der Waals surface area (Å²) in [4.78, 5) is 28.2. The maximum absolute atomic E-state index is 12.6. The van der Waals surface area contributed by atoms with Gasteiger partial charge in [0.15, 0.2) is 5.76 Å². The molecule has 0 saturated carbocycles. The van der Waals surface area contributed by atoms with Gasteiger partial charge in [0.1, 0.15) is 5.76 Å². The molecule has 0 aliphatic carbocycles. The van der Waals surface area contributed by atoms with E-state index in [2.05, 4.69) is 11.8 Å². The third kappa shape index (κ3) is 4.42. The van der Waals surface area contributed by atoms with E-state index in [1.807, 2.05) is 32.7 Å². The molecule has 2 amide bonds. The van der Waals surface area contributed by atoms with E-state index in [9.17, 15) is 9.59 Å². The summed E-state index contributed by atoms with van der Waals surface area (Å²) in [6, 6.07) is 1.63. The Kier molecular flexibility index (Phi) is 5.93. The fourth-order valence-corrected chi connectivity index (χ4v) is 3.37. The van der Waals surface area contributed by atoms with Gasteiger partial charge in [-0.05, 0) is 12.5 Å². The SMILES string of the molecule is CCCC[C@@H]1C(=O)N(C)CCN1Cc1cc(C(N)=O)oc1C(C)(C)C. The van der Waals surface area contributed by atoms with Crippen molar-refractivity contribution in [3.63, 3.8) is 0 Å². The molecular weight excluding hydrogens is 318 g/mol. The molecule has 1 atom stereocenters. The summed E-state index contributed by atoms with van der Waals surface area (Å²) in [6.07, 6.45) is 2.93. The number of carbonyl (C=O) groups is 2. The largest absolute Gasteiger partial charge is 0.455 e. The lowest BCUT2D eigenvalue weighted by Crippen LogP contribution is -2.55. The molecule has 6 heteroatoms. The summed E-state index contributed by atoms with van der Waals surface area (Å²) in [5.74, 6) is 0.566. The van der Waals surface area contributed by atoms with Crippen LogP contribution in [0, 0.1) is 0 Å². The van der Waals surface area contributed by atoms with Crippen LogP contribution in [0.1, 0.15) is 68.8 Å². The number of hydrogen-bond donors (Lipinski definition) is 1. The molecule has 1 fully saturated rings. The summed E-state index contributed by atoms with van der Waals surface area (Å²) in [7, 11) is 1.86. The van der Waals surface area contributed by atoms with Crippen LogP contribution in [0.5, 0.6) is 0 Å². The van der Waals surface area contributed by atoms with Gasteiger partial charge in [0.2, 0.25) is 5.91 Å². The summed E-state index contributed by atoms with van der Waals surface area (Å²) >= 11 is 0. The van der Waals surface area contributed by atoms with Gasteiger partial charge in [-0.1, -0.05) is 40.5 Å². The molecule has 0 bridgehead atoms. The zero-order valence-corrected chi connectivity index (χ0v) is 16.1. The van der Waals surface area contributed by atoms with Crippen LogP contribution in [-0.4, -0.2) is 47.8 Å². The molecule has 0 unspecified atom stereocenters. The molecule has 2 heterocycles. The van der Waals surface area contributed by atoms with Crippen molar-refractivity contribution < 1.29 is 14.0 Å². The fourth-order valence-electron chi connectivity index (χ4n) is 3.37. The number of nitrogens with two attached hydrogens (primary N) is 1. The highest BCUT2D eigenvalue weighted by Gasteiger charge is 2.34. The van der Waals surface area contributed by atoms with Crippen LogP contribution in [0.15, 0.2) is 10.5 Å². The van der Waals surface area contributed by atoms with Crippen LogP contribution < -0.4 is 5.73 Å². The van der Waals surface area contributed by atoms with E-state index < -0.39 is 5.91 Å². The highest BCUT2D eigenvalue weighted by atomic mass is 16.4. The van der Waals surface area contributed by atoms with Crippen LogP contribution in [-0.2, 0) is 16.8 Å². The van der Waals surface area contributed by atoms with Gasteiger partial charge in [-0.15, -0.1) is 0 Å². The van der Waals surface area contributed by atoms with Crippen molar-refractivity contribution in [2.24, 2.45) is 5.73 Å². The first-order valence-corrected chi connectivity index (χ1v) is 9.07. The van der Waals surface area contributed by atoms with Crippen molar-refractivity contribution >= 4 is 11.8 Å². The van der Waals surface area contributed by atoms with Crippen LogP contribution in [0.2, 0.25) is 0 Å². The first-order chi connectivity index (χ1) is 11.6. The lowest BCUT2D eigenvalue weighted by Gasteiger charge is -2.39. The monoisotopic (exact) mass is 349 g/mol. The summed E-state index contributed by atoms with van der Waals surface area (Å²) in [6.45, 7) is 10.4. The van der Waals surface area contributed by atoms with Crippen LogP contribution >= 0.6 is 0 Å². The first kappa shape index (κ1) is 19.5. The molecule has 1 aliphatic heterocycles. The number of primary amides is 1. The Morgan fingerprint density at radius 2 is 2.04 bits per heavy atom. The molecule has 1 saturated heterocycles. The Bertz CT molecular complexity index is 630. The molecule has 2 rings (SSSR count). The summed E-state index contributed by atoms with van der Waals surface area (Å²) < 4.78 is 5.75. The first-order valence-electron chi connectivity index (χ1n) is 9.07. The van der Waals surface area contributed by atoms with E-state index in [0.29, 0.717) is 13.1 Å². The molecule has 0 spiro atoms. The van der Waals surface area contributed by atoms with Crippen LogP contribution in [0.25, 0.3) is 0 Å². The smallest absolute Gasteiger partial charge is 0.284 e. The Labute approximate surface area is 150 Å². The average molecular weight is 349 g/mol. The van der Waals surface area contributed by atoms with Gasteiger partial charge < -0.3 is 15.1 Å². The second-order valence-electron chi connectivity index (χ2n) is 7.97. The Morgan fingerprint density at radius 3 is 2.60 bits per heavy atom. The number of rotatable bonds is 6. The van der Waals surface area contributed by atoms with Crippen molar-refractivity contribution in [2.45, 2.75) is 65.0 Å². The molecule has 0 radical (unpaired) electrons. The third-order valence-electron chi connectivity index (χ3n) is 4.76. The van der Waals surface area contributed by atoms with E-state index >= 15 is 0 Å². The quantitative estimate of drug-likeness (QED) is 0.856. The van der Waals surface area contributed by atoms with Crippen molar-refractivity contribution in [1.29, 1.82) is 0 Å². The topological polar surface area (TPSA) is 79.8 Å². The van der Waals surface area contributed by atoms with Gasteiger partial charge in [-0.3, -0.25) is 14.5 Å². The number of piperazine rings is 1. The molecular formula is C19H31N3O3. The van der Waals surface area contributed by atoms with Gasteiger partial charge in [0, 0.05) is 37.7 Å². The molecule has 140 valence electrons. The van der Waals surface area contributed by atoms with Gasteiger partial charge >= 0.3 is 0 Å². The van der Waals surface area contributed by atoms with E-state index in [4.69, 9.17) is 10.2 Å². The van der Waals surface area contributed by atoms with E-state index in [1.54, 1.807) is 6.07 Å². The second kappa shape index (κ2) is 7.60. The van der Waals surface area contributed by atoms with Gasteiger partial charge in [0.25, 0.3) is 5.91 Å². The molecule has 6 nitrogen and oxygen atoms in total. The molecule has 1 aliphatic rings. The number of nitrogens with zero attached hydrogens (tertiary/aromatic N) is 2. The van der Waals surface area contributed by atoms with Crippen molar-refractivity contribution in [2.75, 3.05) is 20.1 Å². The van der Waals surface area contributed by atoms with Gasteiger partial charge in [-0.2, -0.15) is 0 Å². The third-order valence-corrected chi connectivity index (χ3v) is 4.76. The highest BCUT2D eigenvalue weighted by molar-refractivity contribution is 5.90. The van der Waals surface area contributed by atoms with E-state index in [0.717, 1.165) is 37.1 Å². The van der Waals surface area contributed by atoms with E-state index in [-0.39, 0.29) is 23.1 Å². The Hall–Kier alpha value is -1.82. The standard InChI is InChI=1S/C19H31N3O3/c1-6-7-8-14-18(24)21(5)9-10-22(14)12-13-11-15(17(20)23)25-16(13)19(2,3)4/h11,14H,6-10,12H2,1-5H3,(H2,20,23)/t14-/m1/s1. The van der Waals surface area contributed by atoms with Crippen LogP contribution in [0.4, 0.5) is 0 Å². The number of furan rings is 1. The van der Waals surface area contributed by atoms with Gasteiger partial charge in [0.05, 0.1) is 6.04 Å². The molecule has 2 N–H and O–H groups in total. The predicted octanol–water partition coefficient (Wildman–Crippen LogP) is 2.51. The second-order valence-corrected chi connectivity index (χ2v) is 7.97. The van der Waals surface area contributed by atoms with Crippen LogP contribution in [0.3, 0.4) is 0 Å². The van der Waals surface area contributed by atoms with Crippen molar-refractivity contribution in [1.82, 2.24) is 9.80 Å². The Morgan fingerprint density at radius 1 is 1.36 bits per heavy atom. The minimum absolute atomic E-state index is 0.113. The van der Waals surface area contributed by atoms with Crippen molar-refractivity contribution in [3.05, 3.63) is 23.2 Å². The summed E-state index contributed by atoms with van der Waals surface area (Å²) in [5, 5.41) is 0. The normalized spacial score (nSPS) is 19.5. The fraction of sp³-hybridized carbons (Fsp3) is 0.684. The number of amides is 2. The predicted molar refractivity (Wildman–Crippen MR) is 97.3 cm³/mol.